The molecule has 1 aliphatic heterocycles. The molecule has 0 bridgehead atoms. The number of sulfonamides is 1. The molecule has 5 heteroatoms. The molecule has 21 heavy (non-hydrogen) atoms. The zero-order chi connectivity index (χ0) is 15.5. The lowest BCUT2D eigenvalue weighted by atomic mass is 10.0. The van der Waals surface area contributed by atoms with Crippen molar-refractivity contribution in [3.63, 3.8) is 0 Å². The van der Waals surface area contributed by atoms with E-state index in [0.717, 1.165) is 30.5 Å². The van der Waals surface area contributed by atoms with Crippen LogP contribution in [0, 0.1) is 12.8 Å². The fraction of sp³-hybridized carbons (Fsp3) is 0.625. The molecule has 1 unspecified atom stereocenters. The smallest absolute Gasteiger partial charge is 0.243 e. The Labute approximate surface area is 128 Å². The van der Waals surface area contributed by atoms with Gasteiger partial charge in [0.25, 0.3) is 0 Å². The van der Waals surface area contributed by atoms with Crippen molar-refractivity contribution in [2.45, 2.75) is 45.1 Å². The van der Waals surface area contributed by atoms with Crippen molar-refractivity contribution in [3.05, 3.63) is 29.3 Å². The summed E-state index contributed by atoms with van der Waals surface area (Å²) < 4.78 is 27.4. The van der Waals surface area contributed by atoms with Crippen molar-refractivity contribution >= 4 is 10.0 Å². The van der Waals surface area contributed by atoms with Gasteiger partial charge in [-0.25, -0.2) is 8.42 Å². The molecule has 118 valence electrons. The molecule has 1 atom stereocenters. The Hall–Kier alpha value is -0.910. The Morgan fingerprint density at radius 1 is 1.38 bits per heavy atom. The summed E-state index contributed by atoms with van der Waals surface area (Å²) in [4.78, 5) is 0.465. The first kappa shape index (κ1) is 16.5. The van der Waals surface area contributed by atoms with Crippen molar-refractivity contribution in [1.82, 2.24) is 9.62 Å². The van der Waals surface area contributed by atoms with E-state index in [2.05, 4.69) is 12.2 Å². The first-order valence-corrected chi connectivity index (χ1v) is 9.19. The Kier molecular flexibility index (Phi) is 5.41. The van der Waals surface area contributed by atoms with Crippen LogP contribution < -0.4 is 5.32 Å². The number of nitrogens with zero attached hydrogens (tertiary/aromatic N) is 1. The summed E-state index contributed by atoms with van der Waals surface area (Å²) in [6.45, 7) is 8.90. The third kappa shape index (κ3) is 3.84. The Bertz CT molecular complexity index is 584. The second-order valence-corrected chi connectivity index (χ2v) is 7.90. The van der Waals surface area contributed by atoms with Gasteiger partial charge < -0.3 is 5.32 Å². The van der Waals surface area contributed by atoms with Crippen LogP contribution in [0.1, 0.15) is 37.8 Å². The minimum absolute atomic E-state index is 0.443. The van der Waals surface area contributed by atoms with E-state index < -0.39 is 10.0 Å². The molecule has 0 amide bonds. The number of hydrogen-bond acceptors (Lipinski definition) is 3. The number of piperidine rings is 1. The van der Waals surface area contributed by atoms with Gasteiger partial charge in [-0.3, -0.25) is 0 Å². The molecular weight excluding hydrogens is 284 g/mol. The lowest BCUT2D eigenvalue weighted by Gasteiger charge is -2.30. The maximum absolute atomic E-state index is 12.9. The molecule has 1 aromatic carbocycles. The number of nitrogens with one attached hydrogen (secondary N) is 1. The third-order valence-corrected chi connectivity index (χ3v) is 6.08. The van der Waals surface area contributed by atoms with E-state index in [1.165, 1.54) is 0 Å². The van der Waals surface area contributed by atoms with E-state index in [4.69, 9.17) is 0 Å². The average molecular weight is 310 g/mol. The van der Waals surface area contributed by atoms with Crippen molar-refractivity contribution in [2.75, 3.05) is 19.6 Å². The molecule has 4 nitrogen and oxygen atoms in total. The van der Waals surface area contributed by atoms with Gasteiger partial charge in [0.15, 0.2) is 0 Å². The summed E-state index contributed by atoms with van der Waals surface area (Å²) in [5.41, 5.74) is 1.85. The Morgan fingerprint density at radius 2 is 2.14 bits per heavy atom. The molecule has 1 aromatic rings. The van der Waals surface area contributed by atoms with Crippen LogP contribution in [0.5, 0.6) is 0 Å². The average Bonchev–Trinajstić information content (AvgIpc) is 2.46. The minimum Gasteiger partial charge on any atom is -0.313 e. The van der Waals surface area contributed by atoms with E-state index in [-0.39, 0.29) is 0 Å². The number of aryl methyl sites for hydroxylation is 1. The summed E-state index contributed by atoms with van der Waals surface area (Å²) in [6.07, 6.45) is 2.07. The van der Waals surface area contributed by atoms with Crippen LogP contribution in [0.4, 0.5) is 0 Å². The zero-order valence-corrected chi connectivity index (χ0v) is 14.0. The van der Waals surface area contributed by atoms with Gasteiger partial charge in [0.05, 0.1) is 4.90 Å². The van der Waals surface area contributed by atoms with Crippen LogP contribution in [0.25, 0.3) is 0 Å². The predicted octanol–water partition coefficient (Wildman–Crippen LogP) is 2.53. The lowest BCUT2D eigenvalue weighted by molar-refractivity contribution is 0.281. The van der Waals surface area contributed by atoms with Gasteiger partial charge in [-0.2, -0.15) is 4.31 Å². The summed E-state index contributed by atoms with van der Waals surface area (Å²) in [7, 11) is -3.37. The highest BCUT2D eigenvalue weighted by molar-refractivity contribution is 7.89. The second-order valence-electron chi connectivity index (χ2n) is 5.99. The van der Waals surface area contributed by atoms with Crippen molar-refractivity contribution in [3.8, 4) is 0 Å². The molecule has 1 saturated heterocycles. The minimum atomic E-state index is -3.37. The molecule has 1 aliphatic rings. The molecular formula is C16H26N2O2S. The second kappa shape index (κ2) is 6.90. The van der Waals surface area contributed by atoms with E-state index in [0.29, 0.717) is 30.4 Å². The van der Waals surface area contributed by atoms with Crippen molar-refractivity contribution in [2.24, 2.45) is 5.92 Å². The van der Waals surface area contributed by atoms with Crippen molar-refractivity contribution in [1.29, 1.82) is 0 Å². The first-order valence-electron chi connectivity index (χ1n) is 7.75. The maximum Gasteiger partial charge on any atom is 0.243 e. The Morgan fingerprint density at radius 3 is 2.81 bits per heavy atom. The molecule has 0 radical (unpaired) electrons. The molecule has 0 aliphatic carbocycles. The standard InChI is InChI=1S/C16H26N2O2S/c1-4-17-11-15-8-7-14(3)16(10-15)21(19,20)18-9-5-6-13(2)12-18/h7-8,10,13,17H,4-6,9,11-12H2,1-3H3. The number of hydrogen-bond donors (Lipinski definition) is 1. The van der Waals surface area contributed by atoms with Crippen LogP contribution in [-0.4, -0.2) is 32.4 Å². The summed E-state index contributed by atoms with van der Waals surface area (Å²) in [6, 6.07) is 5.73. The van der Waals surface area contributed by atoms with Crippen LogP contribution in [0.15, 0.2) is 23.1 Å². The van der Waals surface area contributed by atoms with Gasteiger partial charge >= 0.3 is 0 Å². The fourth-order valence-electron chi connectivity index (χ4n) is 2.81. The van der Waals surface area contributed by atoms with E-state index in [1.54, 1.807) is 4.31 Å². The molecule has 1 heterocycles. The molecule has 0 saturated carbocycles. The predicted molar refractivity (Wildman–Crippen MR) is 85.7 cm³/mol. The van der Waals surface area contributed by atoms with Gasteiger partial charge in [-0.15, -0.1) is 0 Å². The monoisotopic (exact) mass is 310 g/mol. The zero-order valence-electron chi connectivity index (χ0n) is 13.2. The maximum atomic E-state index is 12.9. The first-order chi connectivity index (χ1) is 9.95. The summed E-state index contributed by atoms with van der Waals surface area (Å²) in [5, 5.41) is 3.24. The van der Waals surface area contributed by atoms with Crippen molar-refractivity contribution < 1.29 is 8.42 Å². The summed E-state index contributed by atoms with van der Waals surface area (Å²) >= 11 is 0. The van der Waals surface area contributed by atoms with Crippen LogP contribution in [0.3, 0.4) is 0 Å². The largest absolute Gasteiger partial charge is 0.313 e. The molecule has 2 rings (SSSR count). The van der Waals surface area contributed by atoms with Crippen LogP contribution in [-0.2, 0) is 16.6 Å². The molecule has 1 fully saturated rings. The summed E-state index contributed by atoms with van der Waals surface area (Å²) in [5.74, 6) is 0.443. The van der Waals surface area contributed by atoms with E-state index >= 15 is 0 Å². The highest BCUT2D eigenvalue weighted by Crippen LogP contribution is 2.26. The lowest BCUT2D eigenvalue weighted by Crippen LogP contribution is -2.39. The number of benzene rings is 1. The van der Waals surface area contributed by atoms with E-state index in [9.17, 15) is 8.42 Å². The van der Waals surface area contributed by atoms with Gasteiger partial charge in [0.1, 0.15) is 0 Å². The SMILES string of the molecule is CCNCc1ccc(C)c(S(=O)(=O)N2CCCC(C)C2)c1. The van der Waals surface area contributed by atoms with Gasteiger partial charge in [0.2, 0.25) is 10.0 Å². The highest BCUT2D eigenvalue weighted by Gasteiger charge is 2.29. The van der Waals surface area contributed by atoms with Gasteiger partial charge in [0, 0.05) is 19.6 Å². The quantitative estimate of drug-likeness (QED) is 0.909. The highest BCUT2D eigenvalue weighted by atomic mass is 32.2. The van der Waals surface area contributed by atoms with Gasteiger partial charge in [-0.1, -0.05) is 26.0 Å². The van der Waals surface area contributed by atoms with Gasteiger partial charge in [-0.05, 0) is 49.4 Å². The molecule has 1 N–H and O–H groups in total. The molecule has 0 spiro atoms. The van der Waals surface area contributed by atoms with E-state index in [1.807, 2.05) is 32.0 Å². The number of rotatable bonds is 5. The van der Waals surface area contributed by atoms with Crippen LogP contribution >= 0.6 is 0 Å². The third-order valence-electron chi connectivity index (χ3n) is 4.07. The normalized spacial score (nSPS) is 20.6. The van der Waals surface area contributed by atoms with Crippen LogP contribution in [0.2, 0.25) is 0 Å². The Balaban J connectivity index is 2.30. The molecule has 0 aromatic heterocycles. The fourth-order valence-corrected chi connectivity index (χ4v) is 4.68. The topological polar surface area (TPSA) is 49.4 Å².